The molecular formula is C15H26N2O. The Bertz CT molecular complexity index is 348. The van der Waals surface area contributed by atoms with Crippen LogP contribution in [0.5, 0.6) is 5.75 Å². The minimum absolute atomic E-state index is 0.300. The van der Waals surface area contributed by atoms with Crippen molar-refractivity contribution >= 4 is 0 Å². The average Bonchev–Trinajstić information content (AvgIpc) is 2.38. The first-order chi connectivity index (χ1) is 8.60. The standard InChI is InChI=1S/C15H26N2O/c1-11(2)10-18-15-7-5-4-6-14(15)12(3)13(8-16)9-17/h4-7,11-13H,8-10,16-17H2,1-3H3. The quantitative estimate of drug-likeness (QED) is 0.781. The lowest BCUT2D eigenvalue weighted by atomic mass is 9.87. The third-order valence-electron chi connectivity index (χ3n) is 3.29. The zero-order valence-corrected chi connectivity index (χ0v) is 11.7. The van der Waals surface area contributed by atoms with Crippen LogP contribution < -0.4 is 16.2 Å². The molecule has 0 aromatic heterocycles. The van der Waals surface area contributed by atoms with Crippen LogP contribution in [0.1, 0.15) is 32.3 Å². The molecule has 0 amide bonds. The Morgan fingerprint density at radius 3 is 2.22 bits per heavy atom. The Labute approximate surface area is 111 Å². The van der Waals surface area contributed by atoms with E-state index in [1.807, 2.05) is 18.2 Å². The number of para-hydroxylation sites is 1. The first-order valence-electron chi connectivity index (χ1n) is 6.72. The Morgan fingerprint density at radius 2 is 1.67 bits per heavy atom. The SMILES string of the molecule is CC(C)COc1ccccc1C(C)C(CN)CN. The molecule has 1 aromatic carbocycles. The summed E-state index contributed by atoms with van der Waals surface area (Å²) in [7, 11) is 0. The first kappa shape index (κ1) is 15.0. The maximum absolute atomic E-state index is 5.88. The Morgan fingerprint density at radius 1 is 1.06 bits per heavy atom. The molecular weight excluding hydrogens is 224 g/mol. The van der Waals surface area contributed by atoms with E-state index in [9.17, 15) is 0 Å². The van der Waals surface area contributed by atoms with Crippen molar-refractivity contribution in [2.75, 3.05) is 19.7 Å². The van der Waals surface area contributed by atoms with Gasteiger partial charge in [0.05, 0.1) is 6.61 Å². The van der Waals surface area contributed by atoms with Crippen LogP contribution in [0.2, 0.25) is 0 Å². The van der Waals surface area contributed by atoms with Gasteiger partial charge in [0.2, 0.25) is 0 Å². The molecule has 4 N–H and O–H groups in total. The summed E-state index contributed by atoms with van der Waals surface area (Å²) in [6.45, 7) is 8.41. The number of benzene rings is 1. The summed E-state index contributed by atoms with van der Waals surface area (Å²) in [4.78, 5) is 0. The van der Waals surface area contributed by atoms with Gasteiger partial charge in [0, 0.05) is 0 Å². The summed E-state index contributed by atoms with van der Waals surface area (Å²) >= 11 is 0. The highest BCUT2D eigenvalue weighted by molar-refractivity contribution is 5.36. The van der Waals surface area contributed by atoms with E-state index in [0.717, 1.165) is 12.4 Å². The summed E-state index contributed by atoms with van der Waals surface area (Å²) in [5.74, 6) is 2.11. The second-order valence-electron chi connectivity index (χ2n) is 5.26. The molecule has 1 atom stereocenters. The van der Waals surface area contributed by atoms with E-state index in [2.05, 4.69) is 26.8 Å². The molecule has 0 bridgehead atoms. The Kier molecular flexibility index (Phi) is 6.16. The van der Waals surface area contributed by atoms with Gasteiger partial charge in [-0.25, -0.2) is 0 Å². The van der Waals surface area contributed by atoms with Gasteiger partial charge in [-0.3, -0.25) is 0 Å². The van der Waals surface area contributed by atoms with Crippen molar-refractivity contribution in [3.8, 4) is 5.75 Å². The van der Waals surface area contributed by atoms with Gasteiger partial charge in [-0.05, 0) is 42.5 Å². The van der Waals surface area contributed by atoms with Gasteiger partial charge in [-0.15, -0.1) is 0 Å². The van der Waals surface area contributed by atoms with Crippen LogP contribution in [-0.4, -0.2) is 19.7 Å². The molecule has 0 fully saturated rings. The average molecular weight is 250 g/mol. The second-order valence-corrected chi connectivity index (χ2v) is 5.26. The molecule has 18 heavy (non-hydrogen) atoms. The van der Waals surface area contributed by atoms with Crippen molar-refractivity contribution in [3.05, 3.63) is 29.8 Å². The normalized spacial score (nSPS) is 13.1. The molecule has 1 rings (SSSR count). The number of nitrogens with two attached hydrogens (primary N) is 2. The molecule has 0 saturated carbocycles. The minimum Gasteiger partial charge on any atom is -0.493 e. The second kappa shape index (κ2) is 7.39. The van der Waals surface area contributed by atoms with Gasteiger partial charge < -0.3 is 16.2 Å². The van der Waals surface area contributed by atoms with Crippen molar-refractivity contribution in [1.82, 2.24) is 0 Å². The van der Waals surface area contributed by atoms with E-state index in [1.54, 1.807) is 0 Å². The molecule has 102 valence electrons. The van der Waals surface area contributed by atoms with Crippen LogP contribution in [0.25, 0.3) is 0 Å². The van der Waals surface area contributed by atoms with Crippen molar-refractivity contribution in [3.63, 3.8) is 0 Å². The van der Waals surface area contributed by atoms with Gasteiger partial charge in [0.1, 0.15) is 5.75 Å². The first-order valence-corrected chi connectivity index (χ1v) is 6.72. The van der Waals surface area contributed by atoms with Crippen molar-refractivity contribution in [2.24, 2.45) is 23.3 Å². The third-order valence-corrected chi connectivity index (χ3v) is 3.29. The lowest BCUT2D eigenvalue weighted by molar-refractivity contribution is 0.265. The van der Waals surface area contributed by atoms with Crippen LogP contribution in [0, 0.1) is 11.8 Å². The zero-order chi connectivity index (χ0) is 13.5. The number of hydrogen-bond donors (Lipinski definition) is 2. The molecule has 0 aliphatic heterocycles. The highest BCUT2D eigenvalue weighted by Crippen LogP contribution is 2.31. The number of rotatable bonds is 7. The lowest BCUT2D eigenvalue weighted by Crippen LogP contribution is -2.28. The molecule has 1 aromatic rings. The molecule has 0 radical (unpaired) electrons. The van der Waals surface area contributed by atoms with E-state index in [4.69, 9.17) is 16.2 Å². The fourth-order valence-corrected chi connectivity index (χ4v) is 2.00. The summed E-state index contributed by atoms with van der Waals surface area (Å²) in [6, 6.07) is 8.18. The van der Waals surface area contributed by atoms with E-state index in [0.29, 0.717) is 30.8 Å². The molecule has 3 nitrogen and oxygen atoms in total. The van der Waals surface area contributed by atoms with E-state index in [1.165, 1.54) is 5.56 Å². The maximum atomic E-state index is 5.88. The molecule has 0 saturated heterocycles. The van der Waals surface area contributed by atoms with Crippen molar-refractivity contribution in [2.45, 2.75) is 26.7 Å². The highest BCUT2D eigenvalue weighted by Gasteiger charge is 2.19. The largest absolute Gasteiger partial charge is 0.493 e. The summed E-state index contributed by atoms with van der Waals surface area (Å²) in [6.07, 6.45) is 0. The summed E-state index contributed by atoms with van der Waals surface area (Å²) < 4.78 is 5.88. The topological polar surface area (TPSA) is 61.3 Å². The van der Waals surface area contributed by atoms with Crippen molar-refractivity contribution < 1.29 is 4.74 Å². The van der Waals surface area contributed by atoms with Gasteiger partial charge in [-0.2, -0.15) is 0 Å². The Balaban J connectivity index is 2.86. The summed E-state index contributed by atoms with van der Waals surface area (Å²) in [5.41, 5.74) is 12.8. The van der Waals surface area contributed by atoms with Crippen LogP contribution >= 0.6 is 0 Å². The predicted molar refractivity (Wildman–Crippen MR) is 76.8 cm³/mol. The van der Waals surface area contributed by atoms with Crippen molar-refractivity contribution in [1.29, 1.82) is 0 Å². The molecule has 0 aliphatic rings. The van der Waals surface area contributed by atoms with E-state index < -0.39 is 0 Å². The molecule has 0 spiro atoms. The third kappa shape index (κ3) is 4.00. The van der Waals surface area contributed by atoms with Crippen LogP contribution in [0.15, 0.2) is 24.3 Å². The molecule has 0 heterocycles. The van der Waals surface area contributed by atoms with Crippen LogP contribution in [0.3, 0.4) is 0 Å². The molecule has 0 aliphatic carbocycles. The van der Waals surface area contributed by atoms with Gasteiger partial charge in [0.15, 0.2) is 0 Å². The predicted octanol–water partition coefficient (Wildman–Crippen LogP) is 2.36. The monoisotopic (exact) mass is 250 g/mol. The maximum Gasteiger partial charge on any atom is 0.122 e. The Hall–Kier alpha value is -1.06. The van der Waals surface area contributed by atoms with E-state index >= 15 is 0 Å². The highest BCUT2D eigenvalue weighted by atomic mass is 16.5. The van der Waals surface area contributed by atoms with Crippen LogP contribution in [0.4, 0.5) is 0 Å². The smallest absolute Gasteiger partial charge is 0.122 e. The van der Waals surface area contributed by atoms with Gasteiger partial charge in [-0.1, -0.05) is 39.0 Å². The van der Waals surface area contributed by atoms with Gasteiger partial charge in [0.25, 0.3) is 0 Å². The van der Waals surface area contributed by atoms with Crippen LogP contribution in [-0.2, 0) is 0 Å². The fraction of sp³-hybridized carbons (Fsp3) is 0.600. The molecule has 1 unspecified atom stereocenters. The fourth-order valence-electron chi connectivity index (χ4n) is 2.00. The summed E-state index contributed by atoms with van der Waals surface area (Å²) in [5, 5.41) is 0. The number of hydrogen-bond acceptors (Lipinski definition) is 3. The zero-order valence-electron chi connectivity index (χ0n) is 11.7. The lowest BCUT2D eigenvalue weighted by Gasteiger charge is -2.24. The van der Waals surface area contributed by atoms with Gasteiger partial charge >= 0.3 is 0 Å². The van der Waals surface area contributed by atoms with E-state index in [-0.39, 0.29) is 0 Å². The minimum atomic E-state index is 0.300. The number of ether oxygens (including phenoxy) is 1. The molecule has 3 heteroatoms.